The third-order valence-corrected chi connectivity index (χ3v) is 6.99. The van der Waals surface area contributed by atoms with Gasteiger partial charge < -0.3 is 4.98 Å². The Kier molecular flexibility index (Phi) is 7.15. The Bertz CT molecular complexity index is 1620. The Hall–Kier alpha value is -3.81. The number of aryl methyl sites for hydroxylation is 1. The third kappa shape index (κ3) is 5.39. The second-order valence-electron chi connectivity index (χ2n) is 10.6. The Morgan fingerprint density at radius 2 is 1.71 bits per heavy atom. The first-order chi connectivity index (χ1) is 18.2. The molecule has 3 aromatic carbocycles. The van der Waals surface area contributed by atoms with Crippen LogP contribution < -0.4 is 5.56 Å². The summed E-state index contributed by atoms with van der Waals surface area (Å²) in [5.41, 5.74) is 3.96. The topological polar surface area (TPSA) is 79.7 Å². The summed E-state index contributed by atoms with van der Waals surface area (Å²) in [6.45, 7) is 9.23. The maximum absolute atomic E-state index is 13.7. The lowest BCUT2D eigenvalue weighted by atomic mass is 9.99. The zero-order valence-electron chi connectivity index (χ0n) is 22.0. The zero-order valence-corrected chi connectivity index (χ0v) is 22.8. The van der Waals surface area contributed by atoms with Crippen LogP contribution in [0.5, 0.6) is 0 Å². The smallest absolute Gasteiger partial charge is 0.253 e. The van der Waals surface area contributed by atoms with E-state index in [4.69, 9.17) is 11.6 Å². The van der Waals surface area contributed by atoms with Crippen molar-refractivity contribution in [2.45, 2.75) is 52.4 Å². The summed E-state index contributed by atoms with van der Waals surface area (Å²) >= 11 is 6.64. The van der Waals surface area contributed by atoms with E-state index in [0.717, 1.165) is 27.6 Å². The molecule has 2 heterocycles. The molecule has 0 radical (unpaired) electrons. The standard InChI is InChI=1S/C30H31ClN6O/c1-20-14-15-26-23(16-20)17-24(29(38)32-26)27(28-33-34-35-37(28)30(2,3)4)36(18-21-10-6-5-7-11-21)19-22-12-8-9-13-25(22)31/h5-17,27H,18-19H2,1-4H3,(H,32,38)/t27-/m1/s1. The number of hydrogen-bond donors (Lipinski definition) is 1. The Morgan fingerprint density at radius 3 is 2.45 bits per heavy atom. The van der Waals surface area contributed by atoms with Crippen LogP contribution in [0.2, 0.25) is 5.02 Å². The number of halogens is 1. The van der Waals surface area contributed by atoms with Crippen molar-refractivity contribution in [2.24, 2.45) is 0 Å². The predicted molar refractivity (Wildman–Crippen MR) is 151 cm³/mol. The van der Waals surface area contributed by atoms with Crippen molar-refractivity contribution in [2.75, 3.05) is 0 Å². The number of fused-ring (bicyclic) bond motifs is 1. The van der Waals surface area contributed by atoms with E-state index >= 15 is 0 Å². The van der Waals surface area contributed by atoms with Crippen LogP contribution in [0.1, 0.15) is 54.9 Å². The molecule has 7 nitrogen and oxygen atoms in total. The van der Waals surface area contributed by atoms with Gasteiger partial charge in [0.1, 0.15) is 6.04 Å². The molecule has 194 valence electrons. The minimum Gasteiger partial charge on any atom is -0.322 e. The van der Waals surface area contributed by atoms with Crippen LogP contribution in [-0.4, -0.2) is 30.1 Å². The van der Waals surface area contributed by atoms with Crippen molar-refractivity contribution >= 4 is 22.5 Å². The molecule has 0 aliphatic carbocycles. The lowest BCUT2D eigenvalue weighted by Gasteiger charge is -2.33. The van der Waals surface area contributed by atoms with Crippen LogP contribution in [0.3, 0.4) is 0 Å². The highest BCUT2D eigenvalue weighted by molar-refractivity contribution is 6.31. The largest absolute Gasteiger partial charge is 0.322 e. The summed E-state index contributed by atoms with van der Waals surface area (Å²) in [6, 6.07) is 25.4. The van der Waals surface area contributed by atoms with E-state index < -0.39 is 11.6 Å². The van der Waals surface area contributed by atoms with Gasteiger partial charge in [0.25, 0.3) is 5.56 Å². The molecule has 0 unspecified atom stereocenters. The fourth-order valence-corrected chi connectivity index (χ4v) is 4.98. The number of pyridine rings is 1. The van der Waals surface area contributed by atoms with Crippen molar-refractivity contribution < 1.29 is 0 Å². The molecule has 0 amide bonds. The Balaban J connectivity index is 1.75. The van der Waals surface area contributed by atoms with E-state index in [9.17, 15) is 4.79 Å². The summed E-state index contributed by atoms with van der Waals surface area (Å²) < 4.78 is 1.81. The molecule has 0 saturated carbocycles. The van der Waals surface area contributed by atoms with Gasteiger partial charge in [-0.1, -0.05) is 71.8 Å². The zero-order chi connectivity index (χ0) is 26.9. The molecule has 2 aromatic heterocycles. The predicted octanol–water partition coefficient (Wildman–Crippen LogP) is 6.02. The van der Waals surface area contributed by atoms with Crippen LogP contribution in [-0.2, 0) is 18.6 Å². The highest BCUT2D eigenvalue weighted by Gasteiger charge is 2.34. The minimum absolute atomic E-state index is 0.174. The molecule has 8 heteroatoms. The Morgan fingerprint density at radius 1 is 0.974 bits per heavy atom. The van der Waals surface area contributed by atoms with Crippen LogP contribution >= 0.6 is 11.6 Å². The monoisotopic (exact) mass is 526 g/mol. The first-order valence-corrected chi connectivity index (χ1v) is 13.0. The molecule has 0 spiro atoms. The normalized spacial score (nSPS) is 12.8. The molecule has 5 aromatic rings. The number of nitrogens with one attached hydrogen (secondary N) is 1. The van der Waals surface area contributed by atoms with Gasteiger partial charge in [0.2, 0.25) is 0 Å². The van der Waals surface area contributed by atoms with Gasteiger partial charge in [0.05, 0.1) is 5.54 Å². The number of aromatic amines is 1. The fraction of sp³-hybridized carbons (Fsp3) is 0.267. The van der Waals surface area contributed by atoms with Gasteiger partial charge in [0.15, 0.2) is 5.82 Å². The van der Waals surface area contributed by atoms with Crippen LogP contribution in [0, 0.1) is 6.92 Å². The van der Waals surface area contributed by atoms with Crippen molar-refractivity contribution in [3.05, 3.63) is 122 Å². The van der Waals surface area contributed by atoms with E-state index in [2.05, 4.69) is 43.6 Å². The van der Waals surface area contributed by atoms with Crippen molar-refractivity contribution in [1.29, 1.82) is 0 Å². The van der Waals surface area contributed by atoms with Gasteiger partial charge in [-0.3, -0.25) is 9.69 Å². The van der Waals surface area contributed by atoms with Crippen molar-refractivity contribution in [3.63, 3.8) is 0 Å². The number of benzene rings is 3. The van der Waals surface area contributed by atoms with Crippen molar-refractivity contribution in [1.82, 2.24) is 30.1 Å². The summed E-state index contributed by atoms with van der Waals surface area (Å²) in [5.74, 6) is 0.595. The second-order valence-corrected chi connectivity index (χ2v) is 11.1. The van der Waals surface area contributed by atoms with Gasteiger partial charge in [-0.2, -0.15) is 0 Å². The molecule has 1 atom stereocenters. The molecule has 1 N–H and O–H groups in total. The van der Waals surface area contributed by atoms with E-state index in [1.54, 1.807) is 0 Å². The molecular weight excluding hydrogens is 496 g/mol. The summed E-state index contributed by atoms with van der Waals surface area (Å²) in [6.07, 6.45) is 0. The highest BCUT2D eigenvalue weighted by Crippen LogP contribution is 2.33. The maximum atomic E-state index is 13.7. The van der Waals surface area contributed by atoms with Gasteiger partial charge in [0, 0.05) is 29.2 Å². The third-order valence-electron chi connectivity index (χ3n) is 6.62. The molecule has 38 heavy (non-hydrogen) atoms. The SMILES string of the molecule is Cc1ccc2[nH]c(=O)c([C@H](c3nnnn3C(C)(C)C)N(Cc3ccccc3)Cc3ccccc3Cl)cc2c1. The quantitative estimate of drug-likeness (QED) is 0.280. The van der Waals surface area contributed by atoms with Crippen LogP contribution in [0.25, 0.3) is 10.9 Å². The number of nitrogens with zero attached hydrogens (tertiary/aromatic N) is 5. The van der Waals surface area contributed by atoms with Crippen LogP contribution in [0.4, 0.5) is 0 Å². The number of rotatable bonds is 7. The molecule has 0 saturated heterocycles. The average Bonchev–Trinajstić information content (AvgIpc) is 3.37. The van der Waals surface area contributed by atoms with Crippen LogP contribution in [0.15, 0.2) is 83.7 Å². The number of aromatic nitrogens is 5. The number of tetrazole rings is 1. The molecular formula is C30H31ClN6O. The average molecular weight is 527 g/mol. The summed E-state index contributed by atoms with van der Waals surface area (Å²) in [5, 5.41) is 14.5. The van der Waals surface area contributed by atoms with Gasteiger partial charge in [-0.05, 0) is 78.9 Å². The molecule has 0 aliphatic rings. The number of hydrogen-bond acceptors (Lipinski definition) is 5. The minimum atomic E-state index is -0.547. The fourth-order valence-electron chi connectivity index (χ4n) is 4.79. The molecule has 0 aliphatic heterocycles. The maximum Gasteiger partial charge on any atom is 0.253 e. The molecule has 0 fully saturated rings. The van der Waals surface area contributed by atoms with Gasteiger partial charge >= 0.3 is 0 Å². The van der Waals surface area contributed by atoms with Crippen molar-refractivity contribution in [3.8, 4) is 0 Å². The molecule has 5 rings (SSSR count). The second kappa shape index (κ2) is 10.5. The summed E-state index contributed by atoms with van der Waals surface area (Å²) in [7, 11) is 0. The van der Waals surface area contributed by atoms with E-state index in [1.165, 1.54) is 0 Å². The first kappa shape index (κ1) is 25.8. The molecule has 0 bridgehead atoms. The van der Waals surface area contributed by atoms with E-state index in [0.29, 0.717) is 29.5 Å². The lowest BCUT2D eigenvalue weighted by molar-refractivity contribution is 0.184. The van der Waals surface area contributed by atoms with Gasteiger partial charge in [-0.15, -0.1) is 5.10 Å². The number of H-pyrrole nitrogens is 1. The van der Waals surface area contributed by atoms with E-state index in [1.807, 2.05) is 93.0 Å². The summed E-state index contributed by atoms with van der Waals surface area (Å²) in [4.78, 5) is 19.0. The Labute approximate surface area is 227 Å². The lowest BCUT2D eigenvalue weighted by Crippen LogP contribution is -2.37. The van der Waals surface area contributed by atoms with E-state index in [-0.39, 0.29) is 5.56 Å². The first-order valence-electron chi connectivity index (χ1n) is 12.6. The highest BCUT2D eigenvalue weighted by atomic mass is 35.5. The van der Waals surface area contributed by atoms with Gasteiger partial charge in [-0.25, -0.2) is 4.68 Å².